The average molecular weight is 295 g/mol. The summed E-state index contributed by atoms with van der Waals surface area (Å²) in [6, 6.07) is 2.15. The van der Waals surface area contributed by atoms with Gasteiger partial charge in [0.05, 0.1) is 13.0 Å². The fourth-order valence-corrected chi connectivity index (χ4v) is 2.40. The zero-order chi connectivity index (χ0) is 14.5. The summed E-state index contributed by atoms with van der Waals surface area (Å²) in [4.78, 5) is 17.0. The molecule has 1 N–H and O–H groups in total. The molecule has 2 aromatic rings. The fraction of sp³-hybridized carbons (Fsp3) is 0.462. The van der Waals surface area contributed by atoms with Crippen LogP contribution in [-0.2, 0) is 11.3 Å². The molecule has 2 rings (SSSR count). The standard InChI is InChI=1S/C13H17N3O3S/c1-9(2)16(5-3-12(17)18)7-11-14-13(15-19-11)10-4-6-20-8-10/h4,6,8-9H,3,5,7H2,1-2H3,(H,17,18). The molecule has 20 heavy (non-hydrogen) atoms. The number of hydrogen-bond acceptors (Lipinski definition) is 6. The number of carboxylic acid groups (broad SMARTS) is 1. The maximum absolute atomic E-state index is 10.7. The minimum Gasteiger partial charge on any atom is -0.481 e. The Hall–Kier alpha value is -1.73. The van der Waals surface area contributed by atoms with Gasteiger partial charge in [-0.25, -0.2) is 0 Å². The molecule has 0 aliphatic rings. The molecule has 6 nitrogen and oxygen atoms in total. The lowest BCUT2D eigenvalue weighted by atomic mass is 10.3. The van der Waals surface area contributed by atoms with E-state index in [1.807, 2.05) is 35.6 Å². The van der Waals surface area contributed by atoms with Crippen molar-refractivity contribution in [2.45, 2.75) is 32.9 Å². The summed E-state index contributed by atoms with van der Waals surface area (Å²) in [7, 11) is 0. The van der Waals surface area contributed by atoms with Crippen LogP contribution in [-0.4, -0.2) is 38.7 Å². The minimum absolute atomic E-state index is 0.101. The number of carboxylic acids is 1. The molecule has 0 aromatic carbocycles. The average Bonchev–Trinajstić information content (AvgIpc) is 3.04. The predicted octanol–water partition coefficient (Wildman–Crippen LogP) is 2.48. The molecule has 0 bridgehead atoms. The van der Waals surface area contributed by atoms with Crippen LogP contribution in [0.25, 0.3) is 11.4 Å². The predicted molar refractivity (Wildman–Crippen MR) is 75.4 cm³/mol. The van der Waals surface area contributed by atoms with Crippen molar-refractivity contribution in [3.8, 4) is 11.4 Å². The fourth-order valence-electron chi connectivity index (χ4n) is 1.76. The van der Waals surface area contributed by atoms with Crippen LogP contribution in [0.2, 0.25) is 0 Å². The van der Waals surface area contributed by atoms with Crippen molar-refractivity contribution in [2.75, 3.05) is 6.54 Å². The summed E-state index contributed by atoms with van der Waals surface area (Å²) in [5.74, 6) is 0.272. The van der Waals surface area contributed by atoms with E-state index in [1.165, 1.54) is 0 Å². The molecule has 0 fully saturated rings. The van der Waals surface area contributed by atoms with Gasteiger partial charge >= 0.3 is 5.97 Å². The van der Waals surface area contributed by atoms with E-state index in [1.54, 1.807) is 11.3 Å². The summed E-state index contributed by atoms with van der Waals surface area (Å²) >= 11 is 1.58. The monoisotopic (exact) mass is 295 g/mol. The van der Waals surface area contributed by atoms with E-state index in [9.17, 15) is 4.79 Å². The van der Waals surface area contributed by atoms with E-state index in [2.05, 4.69) is 10.1 Å². The summed E-state index contributed by atoms with van der Waals surface area (Å²) in [6.07, 6.45) is 0.101. The zero-order valence-corrected chi connectivity index (χ0v) is 12.3. The summed E-state index contributed by atoms with van der Waals surface area (Å²) in [6.45, 7) is 4.95. The number of thiophene rings is 1. The first-order chi connectivity index (χ1) is 9.56. The maximum Gasteiger partial charge on any atom is 0.304 e. The molecule has 7 heteroatoms. The first-order valence-electron chi connectivity index (χ1n) is 6.37. The first-order valence-corrected chi connectivity index (χ1v) is 7.31. The van der Waals surface area contributed by atoms with Crippen LogP contribution in [0.5, 0.6) is 0 Å². The van der Waals surface area contributed by atoms with Crippen molar-refractivity contribution in [1.82, 2.24) is 15.0 Å². The normalized spacial score (nSPS) is 11.4. The summed E-state index contributed by atoms with van der Waals surface area (Å²) < 4.78 is 5.23. The topological polar surface area (TPSA) is 79.5 Å². The van der Waals surface area contributed by atoms with Crippen LogP contribution in [0.3, 0.4) is 0 Å². The lowest BCUT2D eigenvalue weighted by Gasteiger charge is -2.23. The van der Waals surface area contributed by atoms with Crippen LogP contribution in [0.15, 0.2) is 21.3 Å². The Labute approximate surface area is 121 Å². The third kappa shape index (κ3) is 3.88. The Kier molecular flexibility index (Phi) is 4.86. The molecule has 2 heterocycles. The van der Waals surface area contributed by atoms with E-state index in [4.69, 9.17) is 9.63 Å². The largest absolute Gasteiger partial charge is 0.481 e. The third-order valence-corrected chi connectivity index (χ3v) is 3.61. The van der Waals surface area contributed by atoms with Crippen molar-refractivity contribution in [3.63, 3.8) is 0 Å². The number of hydrogen-bond donors (Lipinski definition) is 1. The highest BCUT2D eigenvalue weighted by molar-refractivity contribution is 7.08. The van der Waals surface area contributed by atoms with E-state index in [0.717, 1.165) is 5.56 Å². The van der Waals surface area contributed by atoms with Crippen molar-refractivity contribution in [2.24, 2.45) is 0 Å². The highest BCUT2D eigenvalue weighted by atomic mass is 32.1. The van der Waals surface area contributed by atoms with Crippen LogP contribution in [0, 0.1) is 0 Å². The van der Waals surface area contributed by atoms with Gasteiger partial charge < -0.3 is 9.63 Å². The number of aliphatic carboxylic acids is 1. The van der Waals surface area contributed by atoms with Crippen molar-refractivity contribution in [1.29, 1.82) is 0 Å². The van der Waals surface area contributed by atoms with E-state index in [0.29, 0.717) is 24.8 Å². The third-order valence-electron chi connectivity index (χ3n) is 2.93. The number of aromatic nitrogens is 2. The molecular weight excluding hydrogens is 278 g/mol. The number of carbonyl (C=O) groups is 1. The van der Waals surface area contributed by atoms with Crippen molar-refractivity contribution < 1.29 is 14.4 Å². The minimum atomic E-state index is -0.805. The molecule has 0 amide bonds. The van der Waals surface area contributed by atoms with Gasteiger partial charge in [-0.15, -0.1) is 0 Å². The van der Waals surface area contributed by atoms with Gasteiger partial charge in [0.1, 0.15) is 0 Å². The molecule has 0 saturated carbocycles. The van der Waals surface area contributed by atoms with Gasteiger partial charge in [0.25, 0.3) is 0 Å². The van der Waals surface area contributed by atoms with E-state index in [-0.39, 0.29) is 12.5 Å². The van der Waals surface area contributed by atoms with Crippen molar-refractivity contribution >= 4 is 17.3 Å². The number of nitrogens with zero attached hydrogens (tertiary/aromatic N) is 3. The molecule has 0 radical (unpaired) electrons. The Morgan fingerprint density at radius 2 is 2.35 bits per heavy atom. The van der Waals surface area contributed by atoms with Gasteiger partial charge in [-0.2, -0.15) is 16.3 Å². The Morgan fingerprint density at radius 1 is 1.55 bits per heavy atom. The Bertz CT molecular complexity index is 551. The first kappa shape index (κ1) is 14.7. The van der Waals surface area contributed by atoms with E-state index < -0.39 is 5.97 Å². The van der Waals surface area contributed by atoms with Gasteiger partial charge in [0.2, 0.25) is 11.7 Å². The van der Waals surface area contributed by atoms with Crippen molar-refractivity contribution in [3.05, 3.63) is 22.7 Å². The van der Waals surface area contributed by atoms with Gasteiger partial charge in [-0.05, 0) is 25.3 Å². The van der Waals surface area contributed by atoms with Crippen LogP contribution in [0.1, 0.15) is 26.2 Å². The van der Waals surface area contributed by atoms with Crippen LogP contribution in [0.4, 0.5) is 0 Å². The van der Waals surface area contributed by atoms with Gasteiger partial charge in [-0.1, -0.05) is 5.16 Å². The van der Waals surface area contributed by atoms with Crippen LogP contribution < -0.4 is 0 Å². The molecule has 2 aromatic heterocycles. The van der Waals surface area contributed by atoms with Gasteiger partial charge in [0, 0.05) is 23.5 Å². The quantitative estimate of drug-likeness (QED) is 0.845. The highest BCUT2D eigenvalue weighted by Gasteiger charge is 2.16. The summed E-state index contributed by atoms with van der Waals surface area (Å²) in [5.41, 5.74) is 0.937. The van der Waals surface area contributed by atoms with Crippen LogP contribution >= 0.6 is 11.3 Å². The SMILES string of the molecule is CC(C)N(CCC(=O)O)Cc1nc(-c2ccsc2)no1. The van der Waals surface area contributed by atoms with Gasteiger partial charge in [-0.3, -0.25) is 9.69 Å². The second kappa shape index (κ2) is 6.62. The lowest BCUT2D eigenvalue weighted by Crippen LogP contribution is -2.32. The second-order valence-electron chi connectivity index (χ2n) is 4.73. The second-order valence-corrected chi connectivity index (χ2v) is 5.51. The molecule has 0 spiro atoms. The lowest BCUT2D eigenvalue weighted by molar-refractivity contribution is -0.137. The van der Waals surface area contributed by atoms with E-state index >= 15 is 0 Å². The molecule has 0 aliphatic heterocycles. The zero-order valence-electron chi connectivity index (χ0n) is 11.4. The molecule has 108 valence electrons. The Balaban J connectivity index is 2.01. The molecule has 0 atom stereocenters. The molecular formula is C13H17N3O3S. The number of rotatable bonds is 7. The Morgan fingerprint density at radius 3 is 2.95 bits per heavy atom. The maximum atomic E-state index is 10.7. The highest BCUT2D eigenvalue weighted by Crippen LogP contribution is 2.19. The molecule has 0 unspecified atom stereocenters. The molecule has 0 aliphatic carbocycles. The van der Waals surface area contributed by atoms with Gasteiger partial charge in [0.15, 0.2) is 0 Å². The molecule has 0 saturated heterocycles. The summed E-state index contributed by atoms with van der Waals surface area (Å²) in [5, 5.41) is 16.6. The smallest absolute Gasteiger partial charge is 0.304 e.